The summed E-state index contributed by atoms with van der Waals surface area (Å²) in [5.41, 5.74) is 0. The SMILES string of the molecule is C=CCNC(=S)NC1C2CC3CC(C2)CC1C3. The smallest absolute Gasteiger partial charge is 0.166 e. The number of hydrogen-bond acceptors (Lipinski definition) is 1. The zero-order chi connectivity index (χ0) is 11.8. The molecule has 0 amide bonds. The Kier molecular flexibility index (Phi) is 3.12. The van der Waals surface area contributed by atoms with E-state index in [1.807, 2.05) is 6.08 Å². The quantitative estimate of drug-likeness (QED) is 0.594. The fourth-order valence-electron chi connectivity index (χ4n) is 4.53. The van der Waals surface area contributed by atoms with Crippen molar-refractivity contribution in [2.75, 3.05) is 6.54 Å². The van der Waals surface area contributed by atoms with Gasteiger partial charge in [0.2, 0.25) is 0 Å². The molecular formula is C14H22N2S. The van der Waals surface area contributed by atoms with Crippen molar-refractivity contribution in [3.8, 4) is 0 Å². The molecule has 0 aliphatic heterocycles. The van der Waals surface area contributed by atoms with E-state index >= 15 is 0 Å². The lowest BCUT2D eigenvalue weighted by Crippen LogP contribution is -2.57. The maximum absolute atomic E-state index is 5.35. The summed E-state index contributed by atoms with van der Waals surface area (Å²) < 4.78 is 0. The molecule has 0 heterocycles. The molecule has 4 rings (SSSR count). The van der Waals surface area contributed by atoms with Crippen molar-refractivity contribution in [2.24, 2.45) is 23.7 Å². The maximum Gasteiger partial charge on any atom is 0.166 e. The predicted octanol–water partition coefficient (Wildman–Crippen LogP) is 2.46. The molecule has 0 aromatic rings. The van der Waals surface area contributed by atoms with Crippen LogP contribution in [0.5, 0.6) is 0 Å². The summed E-state index contributed by atoms with van der Waals surface area (Å²) in [5, 5.41) is 7.58. The van der Waals surface area contributed by atoms with Crippen molar-refractivity contribution in [3.63, 3.8) is 0 Å². The summed E-state index contributed by atoms with van der Waals surface area (Å²) in [6.07, 6.45) is 9.12. The van der Waals surface area contributed by atoms with Gasteiger partial charge in [-0.05, 0) is 68.0 Å². The molecular weight excluding hydrogens is 228 g/mol. The Bertz CT molecular complexity index is 298. The van der Waals surface area contributed by atoms with Gasteiger partial charge in [0.1, 0.15) is 0 Å². The highest BCUT2D eigenvalue weighted by Crippen LogP contribution is 2.53. The van der Waals surface area contributed by atoms with Crippen LogP contribution in [0.3, 0.4) is 0 Å². The van der Waals surface area contributed by atoms with Crippen LogP contribution in [-0.4, -0.2) is 17.7 Å². The molecule has 0 radical (unpaired) electrons. The molecule has 2 nitrogen and oxygen atoms in total. The highest BCUT2D eigenvalue weighted by atomic mass is 32.1. The third-order valence-electron chi connectivity index (χ3n) is 4.93. The molecule has 0 unspecified atom stereocenters. The minimum atomic E-state index is 0.646. The largest absolute Gasteiger partial charge is 0.359 e. The number of thiocarbonyl (C=S) groups is 1. The van der Waals surface area contributed by atoms with Gasteiger partial charge in [0, 0.05) is 12.6 Å². The van der Waals surface area contributed by atoms with Crippen LogP contribution in [0.2, 0.25) is 0 Å². The van der Waals surface area contributed by atoms with E-state index in [1.165, 1.54) is 32.1 Å². The van der Waals surface area contributed by atoms with Crippen LogP contribution in [0.1, 0.15) is 32.1 Å². The Morgan fingerprint density at radius 1 is 1.12 bits per heavy atom. The Morgan fingerprint density at radius 2 is 1.71 bits per heavy atom. The summed E-state index contributed by atoms with van der Waals surface area (Å²) >= 11 is 5.35. The molecule has 4 aliphatic rings. The molecule has 2 N–H and O–H groups in total. The summed E-state index contributed by atoms with van der Waals surface area (Å²) in [6.45, 7) is 4.47. The monoisotopic (exact) mass is 250 g/mol. The first-order valence-electron chi connectivity index (χ1n) is 6.91. The van der Waals surface area contributed by atoms with Gasteiger partial charge in [0.25, 0.3) is 0 Å². The predicted molar refractivity (Wildman–Crippen MR) is 74.8 cm³/mol. The van der Waals surface area contributed by atoms with Crippen molar-refractivity contribution in [1.82, 2.24) is 10.6 Å². The zero-order valence-corrected chi connectivity index (χ0v) is 11.1. The van der Waals surface area contributed by atoms with Crippen LogP contribution < -0.4 is 10.6 Å². The summed E-state index contributed by atoms with van der Waals surface area (Å²) in [4.78, 5) is 0. The molecule has 3 heteroatoms. The molecule has 4 bridgehead atoms. The van der Waals surface area contributed by atoms with Gasteiger partial charge in [0.15, 0.2) is 5.11 Å². The van der Waals surface area contributed by atoms with Gasteiger partial charge in [-0.15, -0.1) is 6.58 Å². The van der Waals surface area contributed by atoms with Gasteiger partial charge >= 0.3 is 0 Å². The van der Waals surface area contributed by atoms with Gasteiger partial charge < -0.3 is 10.6 Å². The molecule has 4 aliphatic carbocycles. The first-order valence-corrected chi connectivity index (χ1v) is 7.32. The number of hydrogen-bond donors (Lipinski definition) is 2. The lowest BCUT2D eigenvalue weighted by Gasteiger charge is -2.54. The van der Waals surface area contributed by atoms with Gasteiger partial charge in [-0.1, -0.05) is 6.08 Å². The fourth-order valence-corrected chi connectivity index (χ4v) is 4.75. The van der Waals surface area contributed by atoms with E-state index in [2.05, 4.69) is 17.2 Å². The Morgan fingerprint density at radius 3 is 2.24 bits per heavy atom. The Balaban J connectivity index is 1.60. The average Bonchev–Trinajstić information content (AvgIpc) is 2.30. The van der Waals surface area contributed by atoms with E-state index in [4.69, 9.17) is 12.2 Å². The molecule has 94 valence electrons. The second kappa shape index (κ2) is 4.60. The standard InChI is InChI=1S/C14H22N2S/c1-2-3-15-14(17)16-13-11-5-9-4-10(7-11)8-12(13)6-9/h2,9-13H,1,3-8H2,(H2,15,16,17). The molecule has 17 heavy (non-hydrogen) atoms. The Hall–Kier alpha value is -0.570. The van der Waals surface area contributed by atoms with Gasteiger partial charge in [-0.3, -0.25) is 0 Å². The molecule has 4 fully saturated rings. The fraction of sp³-hybridized carbons (Fsp3) is 0.786. The lowest BCUT2D eigenvalue weighted by atomic mass is 9.54. The molecule has 4 saturated carbocycles. The van der Waals surface area contributed by atoms with Crippen LogP contribution >= 0.6 is 12.2 Å². The molecule has 0 aromatic heterocycles. The Labute approximate surface area is 109 Å². The molecule has 0 saturated heterocycles. The van der Waals surface area contributed by atoms with Crippen LogP contribution in [-0.2, 0) is 0 Å². The van der Waals surface area contributed by atoms with E-state index in [0.717, 1.165) is 35.3 Å². The van der Waals surface area contributed by atoms with E-state index in [0.29, 0.717) is 6.04 Å². The third kappa shape index (κ3) is 2.22. The van der Waals surface area contributed by atoms with Crippen LogP contribution in [0.25, 0.3) is 0 Å². The van der Waals surface area contributed by atoms with Crippen molar-refractivity contribution in [1.29, 1.82) is 0 Å². The van der Waals surface area contributed by atoms with Gasteiger partial charge in [0.05, 0.1) is 0 Å². The average molecular weight is 250 g/mol. The van der Waals surface area contributed by atoms with Gasteiger partial charge in [-0.25, -0.2) is 0 Å². The number of nitrogens with one attached hydrogen (secondary N) is 2. The maximum atomic E-state index is 5.35. The minimum Gasteiger partial charge on any atom is -0.359 e. The lowest BCUT2D eigenvalue weighted by molar-refractivity contribution is -0.00691. The molecule has 0 aromatic carbocycles. The highest BCUT2D eigenvalue weighted by Gasteiger charge is 2.48. The normalized spacial score (nSPS) is 42.2. The topological polar surface area (TPSA) is 24.1 Å². The van der Waals surface area contributed by atoms with Crippen molar-refractivity contribution in [3.05, 3.63) is 12.7 Å². The zero-order valence-electron chi connectivity index (χ0n) is 10.3. The summed E-state index contributed by atoms with van der Waals surface area (Å²) in [6, 6.07) is 0.646. The second-order valence-electron chi connectivity index (χ2n) is 6.10. The van der Waals surface area contributed by atoms with Crippen molar-refractivity contribution in [2.45, 2.75) is 38.1 Å². The third-order valence-corrected chi connectivity index (χ3v) is 5.19. The van der Waals surface area contributed by atoms with Crippen LogP contribution in [0.4, 0.5) is 0 Å². The van der Waals surface area contributed by atoms with Crippen molar-refractivity contribution < 1.29 is 0 Å². The van der Waals surface area contributed by atoms with Crippen molar-refractivity contribution >= 4 is 17.3 Å². The first-order chi connectivity index (χ1) is 8.26. The van der Waals surface area contributed by atoms with Gasteiger partial charge in [-0.2, -0.15) is 0 Å². The van der Waals surface area contributed by atoms with Crippen LogP contribution in [0.15, 0.2) is 12.7 Å². The second-order valence-corrected chi connectivity index (χ2v) is 6.51. The van der Waals surface area contributed by atoms with E-state index in [9.17, 15) is 0 Å². The van der Waals surface area contributed by atoms with E-state index in [1.54, 1.807) is 0 Å². The number of rotatable bonds is 3. The van der Waals surface area contributed by atoms with E-state index in [-0.39, 0.29) is 0 Å². The van der Waals surface area contributed by atoms with Crippen LogP contribution in [0, 0.1) is 23.7 Å². The molecule has 0 spiro atoms. The highest BCUT2D eigenvalue weighted by molar-refractivity contribution is 7.80. The summed E-state index contributed by atoms with van der Waals surface area (Å²) in [7, 11) is 0. The summed E-state index contributed by atoms with van der Waals surface area (Å²) in [5.74, 6) is 3.83. The molecule has 0 atom stereocenters. The van der Waals surface area contributed by atoms with E-state index < -0.39 is 0 Å². The minimum absolute atomic E-state index is 0.646. The first kappa shape index (κ1) is 11.5.